The number of nitriles is 1. The quantitative estimate of drug-likeness (QED) is 0.789. The number of hydrogen-bond donors (Lipinski definition) is 1. The minimum absolute atomic E-state index is 0.109. The summed E-state index contributed by atoms with van der Waals surface area (Å²) < 4.78 is 4.80. The molecule has 4 heteroatoms. The fraction of sp³-hybridized carbons (Fsp3) is 0.333. The van der Waals surface area contributed by atoms with E-state index in [0.29, 0.717) is 12.0 Å². The van der Waals surface area contributed by atoms with E-state index < -0.39 is 5.97 Å². The topological polar surface area (TPSA) is 70.3 Å². The van der Waals surface area contributed by atoms with E-state index in [1.54, 1.807) is 6.92 Å². The van der Waals surface area contributed by atoms with Crippen LogP contribution in [0.3, 0.4) is 0 Å². The second-order valence-electron chi connectivity index (χ2n) is 3.21. The average molecular weight is 219 g/mol. The van der Waals surface area contributed by atoms with E-state index >= 15 is 0 Å². The number of rotatable bonds is 3. The lowest BCUT2D eigenvalue weighted by Crippen LogP contribution is -2.06. The van der Waals surface area contributed by atoms with Crippen LogP contribution in [0.5, 0.6) is 5.75 Å². The number of phenols is 1. The first-order valence-electron chi connectivity index (χ1n) is 5.07. The molecule has 16 heavy (non-hydrogen) atoms. The maximum Gasteiger partial charge on any atom is 0.341 e. The van der Waals surface area contributed by atoms with Gasteiger partial charge in [0.25, 0.3) is 0 Å². The zero-order valence-electron chi connectivity index (χ0n) is 9.28. The van der Waals surface area contributed by atoms with Crippen molar-refractivity contribution in [3.05, 3.63) is 28.8 Å². The molecule has 84 valence electrons. The molecule has 0 spiro atoms. The van der Waals surface area contributed by atoms with Crippen molar-refractivity contribution in [3.63, 3.8) is 0 Å². The first kappa shape index (κ1) is 12.1. The summed E-state index contributed by atoms with van der Waals surface area (Å²) in [5, 5.41) is 18.4. The third-order valence-corrected chi connectivity index (χ3v) is 2.22. The molecule has 0 aliphatic rings. The van der Waals surface area contributed by atoms with Crippen molar-refractivity contribution in [2.45, 2.75) is 20.3 Å². The molecule has 1 aromatic rings. The molecule has 4 nitrogen and oxygen atoms in total. The Morgan fingerprint density at radius 2 is 2.19 bits per heavy atom. The van der Waals surface area contributed by atoms with Crippen LogP contribution in [0.4, 0.5) is 0 Å². The van der Waals surface area contributed by atoms with Crippen molar-refractivity contribution in [2.24, 2.45) is 0 Å². The molecule has 0 fully saturated rings. The van der Waals surface area contributed by atoms with Gasteiger partial charge in [-0.3, -0.25) is 0 Å². The minimum Gasteiger partial charge on any atom is -0.507 e. The molecule has 0 radical (unpaired) electrons. The summed E-state index contributed by atoms with van der Waals surface area (Å²) >= 11 is 0. The summed E-state index contributed by atoms with van der Waals surface area (Å²) in [7, 11) is 0. The molecular formula is C12H13NO3. The second-order valence-corrected chi connectivity index (χ2v) is 3.21. The molecular weight excluding hydrogens is 206 g/mol. The lowest BCUT2D eigenvalue weighted by molar-refractivity contribution is 0.0523. The number of aromatic hydroxyl groups is 1. The highest BCUT2D eigenvalue weighted by molar-refractivity contribution is 5.93. The summed E-state index contributed by atoms with van der Waals surface area (Å²) in [4.78, 5) is 11.5. The van der Waals surface area contributed by atoms with Crippen LogP contribution in [0.2, 0.25) is 0 Å². The Morgan fingerprint density at radius 1 is 1.50 bits per heavy atom. The molecule has 1 aromatic carbocycles. The lowest BCUT2D eigenvalue weighted by Gasteiger charge is -2.07. The number of carbonyl (C=O) groups excluding carboxylic acids is 1. The van der Waals surface area contributed by atoms with Crippen LogP contribution in [-0.4, -0.2) is 17.7 Å². The van der Waals surface area contributed by atoms with Crippen LogP contribution in [0.15, 0.2) is 12.1 Å². The van der Waals surface area contributed by atoms with Crippen molar-refractivity contribution in [1.82, 2.24) is 0 Å². The molecule has 0 saturated heterocycles. The van der Waals surface area contributed by atoms with Gasteiger partial charge < -0.3 is 9.84 Å². The molecule has 0 aromatic heterocycles. The van der Waals surface area contributed by atoms with Crippen molar-refractivity contribution in [3.8, 4) is 11.8 Å². The predicted molar refractivity (Wildman–Crippen MR) is 58.2 cm³/mol. The van der Waals surface area contributed by atoms with Crippen LogP contribution in [-0.2, 0) is 11.2 Å². The fourth-order valence-electron chi connectivity index (χ4n) is 1.40. The van der Waals surface area contributed by atoms with E-state index in [4.69, 9.17) is 10.00 Å². The van der Waals surface area contributed by atoms with Gasteiger partial charge in [-0.05, 0) is 31.0 Å². The van der Waals surface area contributed by atoms with Crippen LogP contribution in [0.25, 0.3) is 0 Å². The van der Waals surface area contributed by atoms with E-state index in [2.05, 4.69) is 0 Å². The highest BCUT2D eigenvalue weighted by Gasteiger charge is 2.15. The van der Waals surface area contributed by atoms with E-state index in [0.717, 1.165) is 5.56 Å². The van der Waals surface area contributed by atoms with Gasteiger partial charge >= 0.3 is 5.97 Å². The number of esters is 1. The van der Waals surface area contributed by atoms with Crippen LogP contribution >= 0.6 is 0 Å². The molecule has 0 saturated carbocycles. The summed E-state index contributed by atoms with van der Waals surface area (Å²) in [6.07, 6.45) is 0.621. The molecule has 0 bridgehead atoms. The number of aryl methyl sites for hydroxylation is 1. The van der Waals surface area contributed by atoms with E-state index in [9.17, 15) is 9.90 Å². The highest BCUT2D eigenvalue weighted by atomic mass is 16.5. The van der Waals surface area contributed by atoms with Gasteiger partial charge in [-0.25, -0.2) is 4.79 Å². The fourth-order valence-corrected chi connectivity index (χ4v) is 1.40. The van der Waals surface area contributed by atoms with Crippen LogP contribution < -0.4 is 0 Å². The Balaban J connectivity index is 3.22. The van der Waals surface area contributed by atoms with Crippen LogP contribution in [0, 0.1) is 11.3 Å². The number of hydrogen-bond acceptors (Lipinski definition) is 4. The Morgan fingerprint density at radius 3 is 2.69 bits per heavy atom. The van der Waals surface area contributed by atoms with Gasteiger partial charge in [-0.1, -0.05) is 6.92 Å². The summed E-state index contributed by atoms with van der Waals surface area (Å²) in [6, 6.07) is 4.78. The number of carbonyl (C=O) groups is 1. The number of ether oxygens (including phenoxy) is 1. The van der Waals surface area contributed by atoms with Crippen molar-refractivity contribution in [1.29, 1.82) is 5.26 Å². The van der Waals surface area contributed by atoms with Crippen molar-refractivity contribution >= 4 is 5.97 Å². The van der Waals surface area contributed by atoms with Gasteiger partial charge in [0.2, 0.25) is 0 Å². The standard InChI is InChI=1S/C12H13NO3/c1-3-8-5-10(12(15)16-4-2)11(14)6-9(8)7-13/h5-6,14H,3-4H2,1-2H3. The van der Waals surface area contributed by atoms with E-state index in [1.165, 1.54) is 12.1 Å². The Labute approximate surface area is 94.1 Å². The smallest absolute Gasteiger partial charge is 0.341 e. The molecule has 1 N–H and O–H groups in total. The first-order chi connectivity index (χ1) is 7.63. The summed E-state index contributed by atoms with van der Waals surface area (Å²) in [5.74, 6) is -0.786. The second kappa shape index (κ2) is 5.17. The molecule has 0 amide bonds. The molecule has 0 aliphatic heterocycles. The van der Waals surface area contributed by atoms with Gasteiger partial charge in [0.1, 0.15) is 11.3 Å². The van der Waals surface area contributed by atoms with Gasteiger partial charge in [-0.15, -0.1) is 0 Å². The minimum atomic E-state index is -0.570. The van der Waals surface area contributed by atoms with Crippen molar-refractivity contribution in [2.75, 3.05) is 6.61 Å². The lowest BCUT2D eigenvalue weighted by atomic mass is 10.0. The average Bonchev–Trinajstić information content (AvgIpc) is 2.28. The summed E-state index contributed by atoms with van der Waals surface area (Å²) in [6.45, 7) is 3.82. The van der Waals surface area contributed by atoms with Gasteiger partial charge in [0.15, 0.2) is 0 Å². The van der Waals surface area contributed by atoms with E-state index in [1.807, 2.05) is 13.0 Å². The van der Waals surface area contributed by atoms with Gasteiger partial charge in [-0.2, -0.15) is 5.26 Å². The highest BCUT2D eigenvalue weighted by Crippen LogP contribution is 2.23. The number of benzene rings is 1. The molecule has 0 heterocycles. The number of phenolic OH excluding ortho intramolecular Hbond substituents is 1. The Bertz CT molecular complexity index is 446. The monoisotopic (exact) mass is 219 g/mol. The maximum absolute atomic E-state index is 11.5. The first-order valence-corrected chi connectivity index (χ1v) is 5.07. The Kier molecular flexibility index (Phi) is 3.90. The molecule has 0 atom stereocenters. The van der Waals surface area contributed by atoms with Gasteiger partial charge in [0, 0.05) is 0 Å². The zero-order valence-corrected chi connectivity index (χ0v) is 9.28. The normalized spacial score (nSPS) is 9.56. The number of nitrogens with zero attached hydrogens (tertiary/aromatic N) is 1. The maximum atomic E-state index is 11.5. The van der Waals surface area contributed by atoms with Gasteiger partial charge in [0.05, 0.1) is 18.2 Å². The molecule has 0 aliphatic carbocycles. The Hall–Kier alpha value is -2.02. The predicted octanol–water partition coefficient (Wildman–Crippen LogP) is 2.00. The zero-order chi connectivity index (χ0) is 12.1. The molecule has 1 rings (SSSR count). The third kappa shape index (κ3) is 2.31. The largest absolute Gasteiger partial charge is 0.507 e. The summed E-state index contributed by atoms with van der Waals surface area (Å²) in [5.41, 5.74) is 1.22. The van der Waals surface area contributed by atoms with Crippen molar-refractivity contribution < 1.29 is 14.6 Å². The third-order valence-electron chi connectivity index (χ3n) is 2.22. The van der Waals surface area contributed by atoms with Crippen LogP contribution in [0.1, 0.15) is 35.3 Å². The van der Waals surface area contributed by atoms with E-state index in [-0.39, 0.29) is 17.9 Å². The molecule has 0 unspecified atom stereocenters. The SMILES string of the molecule is CCOC(=O)c1cc(CC)c(C#N)cc1O.